The molecule has 0 spiro atoms. The van der Waals surface area contributed by atoms with Crippen LogP contribution in [-0.2, 0) is 14.3 Å². The van der Waals surface area contributed by atoms with E-state index in [1.54, 1.807) is 0 Å². The number of carbonyl (C=O) groups is 1. The van der Waals surface area contributed by atoms with Crippen molar-refractivity contribution < 1.29 is 50.0 Å². The Balaban J connectivity index is 2.22. The van der Waals surface area contributed by atoms with Gasteiger partial charge in [0.25, 0.3) is 0 Å². The predicted octanol–water partition coefficient (Wildman–Crippen LogP) is 17.0. The zero-order chi connectivity index (χ0) is 59.6. The third-order valence-corrected chi connectivity index (χ3v) is 17.2. The maximum absolute atomic E-state index is 13.2. The van der Waals surface area contributed by atoms with Crippen molar-refractivity contribution in [1.82, 2.24) is 5.32 Å². The molecule has 11 nitrogen and oxygen atoms in total. The SMILES string of the molecule is CCCCCCCCCCC/C=C\C/C=C\CCCCCCCCCCCCC(O)C(=O)NC(COC1OC(CO)C(O)C(O)C1O)C(O)C(O)CCC/C=C/CCCCCCCCCCCCCCCCCCCCCCCCCC. The van der Waals surface area contributed by atoms with Crippen molar-refractivity contribution in [3.8, 4) is 0 Å². The van der Waals surface area contributed by atoms with E-state index >= 15 is 0 Å². The molecule has 8 N–H and O–H groups in total. The molecule has 1 fully saturated rings. The van der Waals surface area contributed by atoms with Crippen LogP contribution in [0, 0.1) is 0 Å². The molecule has 0 aromatic heterocycles. The minimum Gasteiger partial charge on any atom is -0.394 e. The molecule has 0 aromatic rings. The molecule has 1 aliphatic rings. The van der Waals surface area contributed by atoms with Crippen LogP contribution in [0.3, 0.4) is 0 Å². The first-order valence-corrected chi connectivity index (χ1v) is 35.4. The van der Waals surface area contributed by atoms with Crippen molar-refractivity contribution in [3.05, 3.63) is 36.5 Å². The van der Waals surface area contributed by atoms with Gasteiger partial charge in [-0.25, -0.2) is 0 Å². The lowest BCUT2D eigenvalue weighted by Gasteiger charge is -2.40. The van der Waals surface area contributed by atoms with Gasteiger partial charge in [0.2, 0.25) is 5.91 Å². The summed E-state index contributed by atoms with van der Waals surface area (Å²) >= 11 is 0. The number of nitrogens with one attached hydrogen (secondary N) is 1. The molecular formula is C71H135NO10. The number of allylic oxidation sites excluding steroid dienone is 6. The molecule has 9 atom stereocenters. The Kier molecular flexibility index (Phi) is 57.0. The molecule has 0 aromatic carbocycles. The normalized spacial score (nSPS) is 19.3. The summed E-state index contributed by atoms with van der Waals surface area (Å²) in [5, 5.41) is 76.5. The number of carbonyl (C=O) groups excluding carboxylic acids is 1. The Hall–Kier alpha value is -1.67. The average molecular weight is 1160 g/mol. The highest BCUT2D eigenvalue weighted by Crippen LogP contribution is 2.24. The van der Waals surface area contributed by atoms with Gasteiger partial charge in [0.15, 0.2) is 6.29 Å². The Morgan fingerprint density at radius 3 is 1.12 bits per heavy atom. The van der Waals surface area contributed by atoms with E-state index in [2.05, 4.69) is 55.6 Å². The van der Waals surface area contributed by atoms with Crippen molar-refractivity contribution >= 4 is 5.91 Å². The third kappa shape index (κ3) is 46.5. The minimum atomic E-state index is -1.67. The second-order valence-corrected chi connectivity index (χ2v) is 25.0. The molecule has 484 valence electrons. The number of aliphatic hydroxyl groups excluding tert-OH is 7. The molecule has 1 aliphatic heterocycles. The number of amides is 1. The highest BCUT2D eigenvalue weighted by atomic mass is 16.7. The third-order valence-electron chi connectivity index (χ3n) is 17.2. The van der Waals surface area contributed by atoms with Gasteiger partial charge < -0.3 is 50.5 Å². The number of ether oxygens (including phenoxy) is 2. The summed E-state index contributed by atoms with van der Waals surface area (Å²) in [5.74, 6) is -0.704. The fraction of sp³-hybridized carbons (Fsp3) is 0.901. The minimum absolute atomic E-state index is 0.251. The molecule has 9 unspecified atom stereocenters. The zero-order valence-corrected chi connectivity index (χ0v) is 53.5. The number of aliphatic hydroxyl groups is 7. The topological polar surface area (TPSA) is 189 Å². The molecule has 82 heavy (non-hydrogen) atoms. The molecule has 1 heterocycles. The van der Waals surface area contributed by atoms with Crippen LogP contribution in [-0.4, -0.2) is 110 Å². The standard InChI is InChI=1S/C71H135NO10/c1-3-5-7-9-11-13-15-17-19-21-23-25-27-29-31-32-33-35-36-38-40-42-44-46-48-50-52-54-56-58-63(74)66(76)62(61-81-71-69(79)68(78)67(77)65(60-73)82-71)72-70(80)64(75)59-57-55-53-51-49-47-45-43-41-39-37-34-30-28-26-24-22-20-18-16-14-12-10-8-6-4-2/h24,26,30,34,50,52,62-69,71,73-79H,3-23,25,27-29,31-33,35-49,51,53-61H2,1-2H3,(H,72,80)/b26-24-,34-30-,52-50+. The van der Waals surface area contributed by atoms with Crippen LogP contribution in [0.2, 0.25) is 0 Å². The summed E-state index contributed by atoms with van der Waals surface area (Å²) < 4.78 is 11.2. The van der Waals surface area contributed by atoms with Crippen LogP contribution in [0.4, 0.5) is 0 Å². The Morgan fingerprint density at radius 2 is 0.756 bits per heavy atom. The van der Waals surface area contributed by atoms with Crippen molar-refractivity contribution in [2.75, 3.05) is 13.2 Å². The van der Waals surface area contributed by atoms with Gasteiger partial charge in [0.05, 0.1) is 25.4 Å². The quantitative estimate of drug-likeness (QED) is 0.0215. The Labute approximate surface area is 505 Å². The first kappa shape index (κ1) is 78.3. The predicted molar refractivity (Wildman–Crippen MR) is 344 cm³/mol. The van der Waals surface area contributed by atoms with Crippen LogP contribution in [0.15, 0.2) is 36.5 Å². The molecule has 11 heteroatoms. The molecule has 0 bridgehead atoms. The highest BCUT2D eigenvalue weighted by Gasteiger charge is 2.44. The van der Waals surface area contributed by atoms with Gasteiger partial charge in [-0.3, -0.25) is 4.79 Å². The number of rotatable bonds is 62. The highest BCUT2D eigenvalue weighted by molar-refractivity contribution is 5.80. The van der Waals surface area contributed by atoms with E-state index in [9.17, 15) is 40.5 Å². The van der Waals surface area contributed by atoms with Crippen LogP contribution in [0.5, 0.6) is 0 Å². The summed E-state index contributed by atoms with van der Waals surface area (Å²) in [6.45, 7) is 3.49. The van der Waals surface area contributed by atoms with E-state index in [0.717, 1.165) is 51.4 Å². The van der Waals surface area contributed by atoms with Gasteiger partial charge in [-0.1, -0.05) is 307 Å². The van der Waals surface area contributed by atoms with Crippen LogP contribution >= 0.6 is 0 Å². The van der Waals surface area contributed by atoms with Gasteiger partial charge >= 0.3 is 0 Å². The second-order valence-electron chi connectivity index (χ2n) is 25.0. The smallest absolute Gasteiger partial charge is 0.249 e. The average Bonchev–Trinajstić information content (AvgIpc) is 3.53. The van der Waals surface area contributed by atoms with Crippen molar-refractivity contribution in [2.45, 2.75) is 396 Å². The number of hydrogen-bond acceptors (Lipinski definition) is 10. The summed E-state index contributed by atoms with van der Waals surface area (Å²) in [6, 6.07) is -1.19. The lowest BCUT2D eigenvalue weighted by atomic mass is 9.98. The van der Waals surface area contributed by atoms with Gasteiger partial charge in [-0.15, -0.1) is 0 Å². The van der Waals surface area contributed by atoms with E-state index < -0.39 is 74.2 Å². The summed E-state index contributed by atoms with van der Waals surface area (Å²) in [6.07, 6.45) is 65.1. The van der Waals surface area contributed by atoms with Gasteiger partial charge in [0.1, 0.15) is 36.6 Å². The molecule has 0 saturated carbocycles. The lowest BCUT2D eigenvalue weighted by Crippen LogP contribution is -2.60. The van der Waals surface area contributed by atoms with E-state index in [-0.39, 0.29) is 12.8 Å². The lowest BCUT2D eigenvalue weighted by molar-refractivity contribution is -0.303. The molecule has 0 aliphatic carbocycles. The molecule has 0 radical (unpaired) electrons. The maximum Gasteiger partial charge on any atom is 0.249 e. The zero-order valence-electron chi connectivity index (χ0n) is 53.5. The Morgan fingerprint density at radius 1 is 0.427 bits per heavy atom. The largest absolute Gasteiger partial charge is 0.394 e. The van der Waals surface area contributed by atoms with E-state index in [1.807, 2.05) is 0 Å². The molecule has 1 saturated heterocycles. The fourth-order valence-corrected chi connectivity index (χ4v) is 11.5. The molecular weight excluding hydrogens is 1030 g/mol. The Bertz CT molecular complexity index is 1430. The molecule has 1 rings (SSSR count). The van der Waals surface area contributed by atoms with E-state index in [0.29, 0.717) is 12.8 Å². The van der Waals surface area contributed by atoms with Gasteiger partial charge in [-0.2, -0.15) is 0 Å². The van der Waals surface area contributed by atoms with Gasteiger partial charge in [-0.05, 0) is 70.6 Å². The van der Waals surface area contributed by atoms with Crippen LogP contribution in [0.1, 0.15) is 341 Å². The summed E-state index contributed by atoms with van der Waals surface area (Å²) in [5.41, 5.74) is 0. The first-order valence-electron chi connectivity index (χ1n) is 35.4. The van der Waals surface area contributed by atoms with Crippen molar-refractivity contribution in [1.29, 1.82) is 0 Å². The summed E-state index contributed by atoms with van der Waals surface area (Å²) in [7, 11) is 0. The van der Waals surface area contributed by atoms with Crippen molar-refractivity contribution in [2.24, 2.45) is 0 Å². The fourth-order valence-electron chi connectivity index (χ4n) is 11.5. The number of hydrogen-bond donors (Lipinski definition) is 8. The van der Waals surface area contributed by atoms with Crippen LogP contribution < -0.4 is 5.32 Å². The maximum atomic E-state index is 13.2. The van der Waals surface area contributed by atoms with E-state index in [4.69, 9.17) is 9.47 Å². The van der Waals surface area contributed by atoms with Crippen molar-refractivity contribution in [3.63, 3.8) is 0 Å². The van der Waals surface area contributed by atoms with E-state index in [1.165, 1.54) is 250 Å². The van der Waals surface area contributed by atoms with Gasteiger partial charge in [0, 0.05) is 0 Å². The number of unbranched alkanes of at least 4 members (excludes halogenated alkanes) is 44. The van der Waals surface area contributed by atoms with Crippen LogP contribution in [0.25, 0.3) is 0 Å². The summed E-state index contributed by atoms with van der Waals surface area (Å²) in [4.78, 5) is 13.2. The molecule has 1 amide bonds. The monoisotopic (exact) mass is 1160 g/mol. The first-order chi connectivity index (χ1) is 40.2. The second kappa shape index (κ2) is 59.7.